The molecule has 0 aromatic carbocycles. The van der Waals surface area contributed by atoms with E-state index in [4.69, 9.17) is 5.73 Å². The van der Waals surface area contributed by atoms with E-state index in [1.165, 1.54) is 12.8 Å². The Morgan fingerprint density at radius 2 is 2.53 bits per heavy atom. The van der Waals surface area contributed by atoms with Crippen LogP contribution in [0.5, 0.6) is 0 Å². The minimum Gasteiger partial charge on any atom is -0.324 e. The number of hydrogen-bond donors (Lipinski definition) is 2. The third-order valence-corrected chi connectivity index (χ3v) is 4.67. The van der Waals surface area contributed by atoms with Gasteiger partial charge in [-0.05, 0) is 25.7 Å². The van der Waals surface area contributed by atoms with Crippen molar-refractivity contribution >= 4 is 11.3 Å². The third kappa shape index (κ3) is 3.50. The molecule has 1 saturated carbocycles. The molecular weight excluding hydrogens is 230 g/mol. The van der Waals surface area contributed by atoms with Gasteiger partial charge in [0.05, 0.1) is 6.04 Å². The average Bonchev–Trinajstić information content (AvgIpc) is 2.79. The summed E-state index contributed by atoms with van der Waals surface area (Å²) < 4.78 is 0. The van der Waals surface area contributed by atoms with Gasteiger partial charge in [0.1, 0.15) is 5.01 Å². The monoisotopic (exact) mass is 253 g/mol. The summed E-state index contributed by atoms with van der Waals surface area (Å²) in [5.74, 6) is 0.769. The van der Waals surface area contributed by atoms with Crippen LogP contribution in [0, 0.1) is 5.92 Å². The second-order valence-electron chi connectivity index (χ2n) is 5.54. The highest BCUT2D eigenvalue weighted by Crippen LogP contribution is 2.30. The SMILES string of the molecule is CC1CCCC(N)(CNC(C)c2nccs2)C1. The van der Waals surface area contributed by atoms with Gasteiger partial charge in [0.15, 0.2) is 0 Å². The summed E-state index contributed by atoms with van der Waals surface area (Å²) in [6.45, 7) is 5.37. The third-order valence-electron chi connectivity index (χ3n) is 3.71. The summed E-state index contributed by atoms with van der Waals surface area (Å²) in [7, 11) is 0. The first-order chi connectivity index (χ1) is 8.09. The molecule has 3 unspecified atom stereocenters. The second kappa shape index (κ2) is 5.46. The molecule has 0 radical (unpaired) electrons. The van der Waals surface area contributed by atoms with Gasteiger partial charge in [-0.2, -0.15) is 0 Å². The van der Waals surface area contributed by atoms with Crippen LogP contribution in [0.1, 0.15) is 50.6 Å². The van der Waals surface area contributed by atoms with Crippen molar-refractivity contribution in [1.82, 2.24) is 10.3 Å². The molecule has 96 valence electrons. The zero-order valence-electron chi connectivity index (χ0n) is 10.8. The maximum atomic E-state index is 6.47. The number of rotatable bonds is 4. The van der Waals surface area contributed by atoms with E-state index in [2.05, 4.69) is 24.1 Å². The summed E-state index contributed by atoms with van der Waals surface area (Å²) in [5, 5.41) is 6.71. The summed E-state index contributed by atoms with van der Waals surface area (Å²) in [4.78, 5) is 4.33. The smallest absolute Gasteiger partial charge is 0.109 e. The minimum atomic E-state index is -0.0107. The molecule has 3 atom stereocenters. The van der Waals surface area contributed by atoms with Gasteiger partial charge in [-0.3, -0.25) is 0 Å². The number of aromatic nitrogens is 1. The highest BCUT2D eigenvalue weighted by Gasteiger charge is 2.31. The molecule has 0 saturated heterocycles. The van der Waals surface area contributed by atoms with E-state index >= 15 is 0 Å². The van der Waals surface area contributed by atoms with Crippen LogP contribution in [0.3, 0.4) is 0 Å². The number of thiazole rings is 1. The number of nitrogens with zero attached hydrogens (tertiary/aromatic N) is 1. The molecule has 1 aliphatic carbocycles. The molecular formula is C13H23N3S. The molecule has 1 aliphatic rings. The summed E-state index contributed by atoms with van der Waals surface area (Å²) in [5.41, 5.74) is 6.46. The van der Waals surface area contributed by atoms with Crippen molar-refractivity contribution in [2.24, 2.45) is 11.7 Å². The molecule has 1 aromatic rings. The van der Waals surface area contributed by atoms with Crippen molar-refractivity contribution < 1.29 is 0 Å². The Kier molecular flexibility index (Phi) is 4.17. The van der Waals surface area contributed by atoms with E-state index < -0.39 is 0 Å². The van der Waals surface area contributed by atoms with Crippen LogP contribution >= 0.6 is 11.3 Å². The van der Waals surface area contributed by atoms with Crippen molar-refractivity contribution in [2.45, 2.75) is 51.1 Å². The molecule has 1 heterocycles. The molecule has 0 spiro atoms. The fourth-order valence-electron chi connectivity index (χ4n) is 2.75. The van der Waals surface area contributed by atoms with E-state index in [9.17, 15) is 0 Å². The van der Waals surface area contributed by atoms with Gasteiger partial charge in [0.2, 0.25) is 0 Å². The summed E-state index contributed by atoms with van der Waals surface area (Å²) in [6, 6.07) is 0.313. The van der Waals surface area contributed by atoms with E-state index in [-0.39, 0.29) is 5.54 Å². The van der Waals surface area contributed by atoms with Gasteiger partial charge >= 0.3 is 0 Å². The number of nitrogens with two attached hydrogens (primary N) is 1. The van der Waals surface area contributed by atoms with E-state index in [0.29, 0.717) is 6.04 Å². The van der Waals surface area contributed by atoms with Crippen molar-refractivity contribution in [3.63, 3.8) is 0 Å². The van der Waals surface area contributed by atoms with Crippen LogP contribution in [-0.4, -0.2) is 17.1 Å². The Morgan fingerprint density at radius 3 is 3.18 bits per heavy atom. The maximum Gasteiger partial charge on any atom is 0.109 e. The molecule has 0 amide bonds. The zero-order valence-corrected chi connectivity index (χ0v) is 11.6. The molecule has 1 fully saturated rings. The molecule has 3 N–H and O–H groups in total. The maximum absolute atomic E-state index is 6.47. The molecule has 3 nitrogen and oxygen atoms in total. The molecule has 0 bridgehead atoms. The number of nitrogens with one attached hydrogen (secondary N) is 1. The first-order valence-corrected chi connectivity index (χ1v) is 7.39. The van der Waals surface area contributed by atoms with Gasteiger partial charge in [0.25, 0.3) is 0 Å². The van der Waals surface area contributed by atoms with Gasteiger partial charge in [-0.25, -0.2) is 4.98 Å². The van der Waals surface area contributed by atoms with Crippen LogP contribution in [0.2, 0.25) is 0 Å². The van der Waals surface area contributed by atoms with E-state index in [1.54, 1.807) is 11.3 Å². The fraction of sp³-hybridized carbons (Fsp3) is 0.769. The van der Waals surface area contributed by atoms with E-state index in [0.717, 1.165) is 30.3 Å². The Bertz CT molecular complexity index is 338. The standard InChI is InChI=1S/C13H23N3S/c1-10-4-3-5-13(14,8-10)9-16-11(2)12-15-6-7-17-12/h6-7,10-11,16H,3-5,8-9,14H2,1-2H3. The van der Waals surface area contributed by atoms with E-state index in [1.807, 2.05) is 11.6 Å². The second-order valence-corrected chi connectivity index (χ2v) is 6.46. The average molecular weight is 253 g/mol. The highest BCUT2D eigenvalue weighted by molar-refractivity contribution is 7.09. The quantitative estimate of drug-likeness (QED) is 0.867. The number of hydrogen-bond acceptors (Lipinski definition) is 4. The Morgan fingerprint density at radius 1 is 1.71 bits per heavy atom. The van der Waals surface area contributed by atoms with Crippen molar-refractivity contribution in [3.8, 4) is 0 Å². The van der Waals surface area contributed by atoms with Gasteiger partial charge in [0, 0.05) is 23.7 Å². The molecule has 4 heteroatoms. The fourth-order valence-corrected chi connectivity index (χ4v) is 3.42. The minimum absolute atomic E-state index is 0.0107. The largest absolute Gasteiger partial charge is 0.324 e. The highest BCUT2D eigenvalue weighted by atomic mass is 32.1. The van der Waals surface area contributed by atoms with Crippen LogP contribution in [-0.2, 0) is 0 Å². The van der Waals surface area contributed by atoms with Crippen molar-refractivity contribution in [1.29, 1.82) is 0 Å². The van der Waals surface area contributed by atoms with Gasteiger partial charge < -0.3 is 11.1 Å². The molecule has 2 rings (SSSR count). The van der Waals surface area contributed by atoms with Crippen LogP contribution in [0.4, 0.5) is 0 Å². The Balaban J connectivity index is 1.84. The predicted molar refractivity (Wildman–Crippen MR) is 73.1 cm³/mol. The topological polar surface area (TPSA) is 50.9 Å². The van der Waals surface area contributed by atoms with Crippen molar-refractivity contribution in [3.05, 3.63) is 16.6 Å². The molecule has 17 heavy (non-hydrogen) atoms. The summed E-state index contributed by atoms with van der Waals surface area (Å²) >= 11 is 1.70. The van der Waals surface area contributed by atoms with Crippen molar-refractivity contribution in [2.75, 3.05) is 6.54 Å². The lowest BCUT2D eigenvalue weighted by Crippen LogP contribution is -2.51. The normalized spacial score (nSPS) is 31.4. The van der Waals surface area contributed by atoms with Crippen LogP contribution in [0.25, 0.3) is 0 Å². The van der Waals surface area contributed by atoms with Crippen LogP contribution in [0.15, 0.2) is 11.6 Å². The van der Waals surface area contributed by atoms with Gasteiger partial charge in [-0.15, -0.1) is 11.3 Å². The molecule has 1 aromatic heterocycles. The first-order valence-electron chi connectivity index (χ1n) is 6.51. The zero-order chi connectivity index (χ0) is 12.3. The Hall–Kier alpha value is -0.450. The van der Waals surface area contributed by atoms with Gasteiger partial charge in [-0.1, -0.05) is 19.8 Å². The lowest BCUT2D eigenvalue weighted by atomic mass is 9.77. The first kappa shape index (κ1) is 13.0. The predicted octanol–water partition coefficient (Wildman–Crippen LogP) is 2.70. The lowest BCUT2D eigenvalue weighted by molar-refractivity contribution is 0.224. The molecule has 0 aliphatic heterocycles. The lowest BCUT2D eigenvalue weighted by Gasteiger charge is -2.37. The Labute approximate surface area is 108 Å². The summed E-state index contributed by atoms with van der Waals surface area (Å²) in [6.07, 6.45) is 6.75. The van der Waals surface area contributed by atoms with Crippen LogP contribution < -0.4 is 11.1 Å².